The van der Waals surface area contributed by atoms with Crippen molar-refractivity contribution in [1.29, 1.82) is 0 Å². The zero-order valence-corrected chi connectivity index (χ0v) is 22.4. The molecule has 0 aliphatic rings. The van der Waals surface area contributed by atoms with Crippen molar-refractivity contribution in [2.24, 2.45) is 0 Å². The van der Waals surface area contributed by atoms with Crippen LogP contribution in [-0.2, 0) is 0 Å². The number of amides is 1. The largest absolute Gasteiger partial charge is 0.290 e. The van der Waals surface area contributed by atoms with Crippen LogP contribution < -0.4 is 21.2 Å². The van der Waals surface area contributed by atoms with Crippen LogP contribution in [0.1, 0.15) is 17.3 Å². The molecule has 0 unspecified atom stereocenters. The Morgan fingerprint density at radius 1 is 0.743 bits per heavy atom. The summed E-state index contributed by atoms with van der Waals surface area (Å²) in [5.74, 6) is 0.552. The molecule has 0 saturated carbocycles. The summed E-state index contributed by atoms with van der Waals surface area (Å²) in [7, 11) is -2.56. The first-order valence-electron chi connectivity index (χ1n) is 11.2. The number of carbonyl (C=O) groups excluding carboxylic acids is 1. The van der Waals surface area contributed by atoms with E-state index in [1.807, 2.05) is 54.6 Å². The minimum atomic E-state index is -2.56. The number of halogens is 2. The molecule has 0 aliphatic heterocycles. The van der Waals surface area contributed by atoms with Crippen LogP contribution in [0.2, 0.25) is 5.02 Å². The SMILES string of the molecule is CCSC(Cl)=C(NC(=O)c1ccc(Cl)cc1)[P+](c1ccccc1)(c1ccccc1)c1ccccc1. The third kappa shape index (κ3) is 5.50. The normalized spacial score (nSPS) is 12.1. The molecule has 0 aliphatic carbocycles. The van der Waals surface area contributed by atoms with Gasteiger partial charge in [0.15, 0.2) is 7.26 Å². The minimum absolute atomic E-state index is 0.223. The summed E-state index contributed by atoms with van der Waals surface area (Å²) in [6, 6.07) is 37.9. The second kappa shape index (κ2) is 11.9. The Balaban J connectivity index is 2.03. The Labute approximate surface area is 221 Å². The van der Waals surface area contributed by atoms with Gasteiger partial charge < -0.3 is 0 Å². The first-order chi connectivity index (χ1) is 17.1. The van der Waals surface area contributed by atoms with Gasteiger partial charge in [-0.25, -0.2) is 0 Å². The van der Waals surface area contributed by atoms with Crippen LogP contribution in [0.25, 0.3) is 0 Å². The lowest BCUT2D eigenvalue weighted by molar-refractivity contribution is 0.0968. The van der Waals surface area contributed by atoms with Gasteiger partial charge in [0.1, 0.15) is 20.3 Å². The predicted octanol–water partition coefficient (Wildman–Crippen LogP) is 7.18. The first-order valence-corrected chi connectivity index (χ1v) is 14.8. The zero-order chi connectivity index (χ0) is 24.7. The molecule has 6 heteroatoms. The average Bonchev–Trinajstić information content (AvgIpc) is 2.91. The molecule has 176 valence electrons. The van der Waals surface area contributed by atoms with Gasteiger partial charge in [0.2, 0.25) is 5.44 Å². The molecule has 0 saturated heterocycles. The number of carbonyl (C=O) groups is 1. The minimum Gasteiger partial charge on any atom is -0.290 e. The van der Waals surface area contributed by atoms with Crippen LogP contribution >= 0.6 is 42.2 Å². The molecule has 4 aromatic rings. The average molecular weight is 537 g/mol. The van der Waals surface area contributed by atoms with Crippen LogP contribution in [0.3, 0.4) is 0 Å². The molecule has 1 amide bonds. The highest BCUT2D eigenvalue weighted by Gasteiger charge is 2.52. The molecule has 0 radical (unpaired) electrons. The van der Waals surface area contributed by atoms with Crippen molar-refractivity contribution in [3.05, 3.63) is 136 Å². The van der Waals surface area contributed by atoms with E-state index in [1.165, 1.54) is 11.8 Å². The smallest absolute Gasteiger partial charge is 0.258 e. The summed E-state index contributed by atoms with van der Waals surface area (Å²) in [5, 5.41) is 7.18. The quantitative estimate of drug-likeness (QED) is 0.241. The van der Waals surface area contributed by atoms with Gasteiger partial charge in [0.25, 0.3) is 5.91 Å². The molecule has 1 N–H and O–H groups in total. The van der Waals surface area contributed by atoms with Crippen molar-refractivity contribution in [2.45, 2.75) is 6.92 Å². The molecule has 35 heavy (non-hydrogen) atoms. The van der Waals surface area contributed by atoms with E-state index in [2.05, 4.69) is 48.6 Å². The molecule has 4 aromatic carbocycles. The van der Waals surface area contributed by atoms with E-state index in [9.17, 15) is 4.79 Å². The number of hydrogen-bond donors (Lipinski definition) is 1. The Hall–Kier alpha value is -2.55. The number of benzene rings is 4. The molecule has 0 fully saturated rings. The number of hydrogen-bond acceptors (Lipinski definition) is 2. The van der Waals surface area contributed by atoms with Crippen LogP contribution in [0.15, 0.2) is 125 Å². The topological polar surface area (TPSA) is 29.1 Å². The van der Waals surface area contributed by atoms with Crippen LogP contribution in [0.5, 0.6) is 0 Å². The third-order valence-corrected chi connectivity index (χ3v) is 11.6. The van der Waals surface area contributed by atoms with Crippen molar-refractivity contribution in [3.63, 3.8) is 0 Å². The molecule has 0 aromatic heterocycles. The molecule has 4 rings (SSSR count). The first kappa shape index (κ1) is 25.5. The van der Waals surface area contributed by atoms with Crippen molar-refractivity contribution < 1.29 is 4.79 Å². The monoisotopic (exact) mass is 536 g/mol. The maximum absolute atomic E-state index is 13.6. The van der Waals surface area contributed by atoms with Crippen molar-refractivity contribution in [1.82, 2.24) is 5.32 Å². The fraction of sp³-hybridized carbons (Fsp3) is 0.0690. The summed E-state index contributed by atoms with van der Waals surface area (Å²) in [6.07, 6.45) is 0. The molecular weight excluding hydrogens is 512 g/mol. The van der Waals surface area contributed by atoms with Gasteiger partial charge in [-0.15, -0.1) is 11.8 Å². The van der Waals surface area contributed by atoms with E-state index in [-0.39, 0.29) is 5.91 Å². The highest BCUT2D eigenvalue weighted by molar-refractivity contribution is 8.06. The van der Waals surface area contributed by atoms with E-state index in [4.69, 9.17) is 23.2 Å². The molecule has 0 bridgehead atoms. The number of thioether (sulfide) groups is 1. The van der Waals surface area contributed by atoms with Gasteiger partial charge in [0, 0.05) is 10.6 Å². The van der Waals surface area contributed by atoms with E-state index >= 15 is 0 Å². The fourth-order valence-electron chi connectivity index (χ4n) is 4.03. The Morgan fingerprint density at radius 2 is 1.17 bits per heavy atom. The fourth-order valence-corrected chi connectivity index (χ4v) is 10.0. The molecule has 0 spiro atoms. The van der Waals surface area contributed by atoms with E-state index < -0.39 is 7.26 Å². The number of nitrogens with one attached hydrogen (secondary N) is 1. The van der Waals surface area contributed by atoms with E-state index in [0.717, 1.165) is 27.1 Å². The lowest BCUT2D eigenvalue weighted by Crippen LogP contribution is -2.38. The summed E-state index contributed by atoms with van der Waals surface area (Å²) >= 11 is 14.7. The predicted molar refractivity (Wildman–Crippen MR) is 155 cm³/mol. The van der Waals surface area contributed by atoms with Gasteiger partial charge >= 0.3 is 0 Å². The van der Waals surface area contributed by atoms with Crippen molar-refractivity contribution >= 4 is 64.0 Å². The van der Waals surface area contributed by atoms with E-state index in [1.54, 1.807) is 24.3 Å². The second-order valence-electron chi connectivity index (χ2n) is 7.69. The third-order valence-electron chi connectivity index (χ3n) is 5.56. The summed E-state index contributed by atoms with van der Waals surface area (Å²) in [5.41, 5.74) is 1.25. The maximum atomic E-state index is 13.6. The Bertz CT molecular complexity index is 1200. The van der Waals surface area contributed by atoms with Gasteiger partial charge in [-0.05, 0) is 66.4 Å². The molecule has 0 heterocycles. The lowest BCUT2D eigenvalue weighted by atomic mass is 10.2. The Kier molecular flexibility index (Phi) is 8.70. The zero-order valence-electron chi connectivity index (χ0n) is 19.2. The second-order valence-corrected chi connectivity index (χ2v) is 13.3. The van der Waals surface area contributed by atoms with Crippen LogP contribution in [0.4, 0.5) is 0 Å². The summed E-state index contributed by atoms with van der Waals surface area (Å²) in [4.78, 5) is 13.6. The molecular formula is C29H25Cl2NOPS+. The Morgan fingerprint density at radius 3 is 1.57 bits per heavy atom. The van der Waals surface area contributed by atoms with Gasteiger partial charge in [-0.3, -0.25) is 10.1 Å². The maximum Gasteiger partial charge on any atom is 0.258 e. The van der Waals surface area contributed by atoms with Crippen molar-refractivity contribution in [2.75, 3.05) is 5.75 Å². The summed E-state index contributed by atoms with van der Waals surface area (Å²) < 4.78 is 0.583. The van der Waals surface area contributed by atoms with Gasteiger partial charge in [0.05, 0.1) is 0 Å². The van der Waals surface area contributed by atoms with E-state index in [0.29, 0.717) is 15.0 Å². The van der Waals surface area contributed by atoms with Crippen LogP contribution in [0, 0.1) is 0 Å². The highest BCUT2D eigenvalue weighted by Crippen LogP contribution is 2.63. The van der Waals surface area contributed by atoms with Gasteiger partial charge in [-0.2, -0.15) is 0 Å². The standard InChI is InChI=1S/C29H24Cl2NOPS/c1-2-35-27(31)29(32-28(33)22-18-20-23(30)21-19-22)34(24-12-6-3-7-13-24,25-14-8-4-9-15-25)26-16-10-5-11-17-26/h3-21H,2H2,1H3/p+1. The van der Waals surface area contributed by atoms with Crippen molar-refractivity contribution in [3.8, 4) is 0 Å². The number of rotatable bonds is 8. The summed E-state index contributed by atoms with van der Waals surface area (Å²) in [6.45, 7) is 2.05. The molecule has 2 nitrogen and oxygen atoms in total. The van der Waals surface area contributed by atoms with Gasteiger partial charge in [-0.1, -0.05) is 84.7 Å². The lowest BCUT2D eigenvalue weighted by Gasteiger charge is -2.30. The van der Waals surface area contributed by atoms with Crippen LogP contribution in [-0.4, -0.2) is 11.7 Å². The molecule has 0 atom stereocenters. The highest BCUT2D eigenvalue weighted by atomic mass is 35.5.